The molecule has 3 N–H and O–H groups in total. The van der Waals surface area contributed by atoms with E-state index < -0.39 is 16.9 Å². The van der Waals surface area contributed by atoms with Crippen molar-refractivity contribution >= 4 is 23.3 Å². The Morgan fingerprint density at radius 3 is 2.75 bits per heavy atom. The molecule has 0 aromatic heterocycles. The van der Waals surface area contributed by atoms with E-state index in [-0.39, 0.29) is 12.2 Å². The van der Waals surface area contributed by atoms with Crippen LogP contribution in [0.3, 0.4) is 0 Å². The third-order valence-electron chi connectivity index (χ3n) is 2.30. The molecule has 0 aliphatic rings. The average Bonchev–Trinajstić information content (AvgIpc) is 2.43. The van der Waals surface area contributed by atoms with Gasteiger partial charge in [0.25, 0.3) is 5.69 Å². The maximum absolute atomic E-state index is 11.4. The molecule has 0 unspecified atom stereocenters. The van der Waals surface area contributed by atoms with Gasteiger partial charge in [-0.3, -0.25) is 20.2 Å². The van der Waals surface area contributed by atoms with Gasteiger partial charge < -0.3 is 10.6 Å². The van der Waals surface area contributed by atoms with Gasteiger partial charge in [-0.15, -0.1) is 0 Å². The summed E-state index contributed by atoms with van der Waals surface area (Å²) in [7, 11) is 0. The second kappa shape index (κ2) is 7.72. The molecule has 0 saturated carbocycles. The Hall–Kier alpha value is -2.64. The fourth-order valence-corrected chi connectivity index (χ4v) is 1.37. The van der Waals surface area contributed by atoms with Gasteiger partial charge in [0.05, 0.1) is 11.5 Å². The van der Waals surface area contributed by atoms with Crippen molar-refractivity contribution in [3.8, 4) is 0 Å². The molecule has 8 heteroatoms. The van der Waals surface area contributed by atoms with Gasteiger partial charge in [-0.2, -0.15) is 0 Å². The lowest BCUT2D eigenvalue weighted by Crippen LogP contribution is -2.42. The number of nitro groups is 1. The molecule has 0 aliphatic heterocycles. The van der Waals surface area contributed by atoms with Crippen LogP contribution in [0.25, 0.3) is 0 Å². The van der Waals surface area contributed by atoms with Gasteiger partial charge in [0, 0.05) is 24.4 Å². The number of urea groups is 1. The van der Waals surface area contributed by atoms with Crippen LogP contribution in [0.1, 0.15) is 13.3 Å². The first-order valence-electron chi connectivity index (χ1n) is 6.09. The summed E-state index contributed by atoms with van der Waals surface area (Å²) in [6.07, 6.45) is 0.771. The molecular weight excluding hydrogens is 264 g/mol. The fraction of sp³-hybridized carbons (Fsp3) is 0.333. The first kappa shape index (κ1) is 15.4. The van der Waals surface area contributed by atoms with Crippen LogP contribution in [0.2, 0.25) is 0 Å². The Balaban J connectivity index is 2.43. The summed E-state index contributed by atoms with van der Waals surface area (Å²) in [6, 6.07) is 5.20. The molecule has 8 nitrogen and oxygen atoms in total. The summed E-state index contributed by atoms with van der Waals surface area (Å²) in [4.78, 5) is 32.7. The summed E-state index contributed by atoms with van der Waals surface area (Å²) in [5, 5.41) is 17.9. The van der Waals surface area contributed by atoms with Crippen molar-refractivity contribution in [3.63, 3.8) is 0 Å². The number of carbonyl (C=O) groups excluding carboxylic acids is 2. The number of nitro benzene ring substituents is 1. The molecule has 20 heavy (non-hydrogen) atoms. The molecule has 1 aromatic rings. The lowest BCUT2D eigenvalue weighted by Gasteiger charge is -2.07. The maximum atomic E-state index is 11.4. The second-order valence-electron chi connectivity index (χ2n) is 3.97. The van der Waals surface area contributed by atoms with E-state index in [2.05, 4.69) is 16.0 Å². The molecule has 0 bridgehead atoms. The predicted octanol–water partition coefficient (Wildman–Crippen LogP) is 1.24. The average molecular weight is 280 g/mol. The van der Waals surface area contributed by atoms with E-state index in [0.29, 0.717) is 12.2 Å². The Bertz CT molecular complexity index is 504. The number of benzene rings is 1. The highest BCUT2D eigenvalue weighted by atomic mass is 16.6. The van der Waals surface area contributed by atoms with Gasteiger partial charge in [0.1, 0.15) is 0 Å². The number of nitrogens with zero attached hydrogens (tertiary/aromatic N) is 1. The molecule has 0 radical (unpaired) electrons. The topological polar surface area (TPSA) is 113 Å². The highest BCUT2D eigenvalue weighted by molar-refractivity contribution is 5.96. The van der Waals surface area contributed by atoms with Crippen LogP contribution < -0.4 is 16.0 Å². The van der Waals surface area contributed by atoms with E-state index in [4.69, 9.17) is 0 Å². The van der Waals surface area contributed by atoms with Crippen LogP contribution in [0.5, 0.6) is 0 Å². The monoisotopic (exact) mass is 280 g/mol. The van der Waals surface area contributed by atoms with Gasteiger partial charge in [-0.25, -0.2) is 4.79 Å². The SMILES string of the molecule is CCCNC(=O)NC(=O)CNc1cccc([N+](=O)[O-])c1. The zero-order valence-corrected chi connectivity index (χ0v) is 11.0. The molecule has 0 heterocycles. The van der Waals surface area contributed by atoms with Gasteiger partial charge >= 0.3 is 6.03 Å². The number of hydrogen-bond acceptors (Lipinski definition) is 5. The Kier molecular flexibility index (Phi) is 5.95. The van der Waals surface area contributed by atoms with Crippen molar-refractivity contribution in [3.05, 3.63) is 34.4 Å². The molecule has 0 atom stereocenters. The smallest absolute Gasteiger partial charge is 0.321 e. The standard InChI is InChI=1S/C12H16N4O4/c1-2-6-13-12(18)15-11(17)8-14-9-4-3-5-10(7-9)16(19)20/h3-5,7,14H,2,6,8H2,1H3,(H2,13,15,17,18). The Labute approximate surface area is 115 Å². The van der Waals surface area contributed by atoms with E-state index in [1.807, 2.05) is 6.92 Å². The minimum atomic E-state index is -0.558. The van der Waals surface area contributed by atoms with Gasteiger partial charge in [0.15, 0.2) is 0 Å². The molecular formula is C12H16N4O4. The van der Waals surface area contributed by atoms with E-state index in [1.54, 1.807) is 6.07 Å². The van der Waals surface area contributed by atoms with E-state index in [9.17, 15) is 19.7 Å². The van der Waals surface area contributed by atoms with Crippen molar-refractivity contribution in [2.24, 2.45) is 0 Å². The predicted molar refractivity (Wildman–Crippen MR) is 73.4 cm³/mol. The van der Waals surface area contributed by atoms with Crippen LogP contribution in [0.4, 0.5) is 16.2 Å². The van der Waals surface area contributed by atoms with Crippen molar-refractivity contribution in [2.75, 3.05) is 18.4 Å². The molecule has 0 aliphatic carbocycles. The van der Waals surface area contributed by atoms with E-state index in [0.717, 1.165) is 6.42 Å². The van der Waals surface area contributed by atoms with Crippen LogP contribution in [0.15, 0.2) is 24.3 Å². The van der Waals surface area contributed by atoms with E-state index >= 15 is 0 Å². The van der Waals surface area contributed by atoms with Gasteiger partial charge in [-0.05, 0) is 12.5 Å². The molecule has 1 aromatic carbocycles. The van der Waals surface area contributed by atoms with Crippen molar-refractivity contribution in [1.82, 2.24) is 10.6 Å². The second-order valence-corrected chi connectivity index (χ2v) is 3.97. The van der Waals surface area contributed by atoms with Gasteiger partial charge in [-0.1, -0.05) is 13.0 Å². The number of amides is 3. The number of nitrogens with one attached hydrogen (secondary N) is 3. The van der Waals surface area contributed by atoms with Crippen LogP contribution in [0, 0.1) is 10.1 Å². The summed E-state index contributed by atoms with van der Waals surface area (Å²) < 4.78 is 0. The largest absolute Gasteiger partial charge is 0.376 e. The fourth-order valence-electron chi connectivity index (χ4n) is 1.37. The van der Waals surface area contributed by atoms with Gasteiger partial charge in [0.2, 0.25) is 5.91 Å². The third kappa shape index (κ3) is 5.34. The zero-order chi connectivity index (χ0) is 15.0. The first-order chi connectivity index (χ1) is 9.52. The highest BCUT2D eigenvalue weighted by Gasteiger charge is 2.08. The quantitative estimate of drug-likeness (QED) is 0.536. The number of non-ortho nitro benzene ring substituents is 1. The van der Waals surface area contributed by atoms with Crippen molar-refractivity contribution < 1.29 is 14.5 Å². The van der Waals surface area contributed by atoms with Crippen LogP contribution >= 0.6 is 0 Å². The number of hydrogen-bond donors (Lipinski definition) is 3. The lowest BCUT2D eigenvalue weighted by atomic mass is 10.3. The Morgan fingerprint density at radius 1 is 1.35 bits per heavy atom. The van der Waals surface area contributed by atoms with Crippen molar-refractivity contribution in [2.45, 2.75) is 13.3 Å². The third-order valence-corrected chi connectivity index (χ3v) is 2.30. The summed E-state index contributed by atoms with van der Waals surface area (Å²) in [5.74, 6) is -0.523. The lowest BCUT2D eigenvalue weighted by molar-refractivity contribution is -0.384. The van der Waals surface area contributed by atoms with E-state index in [1.165, 1.54) is 18.2 Å². The molecule has 0 saturated heterocycles. The minimum Gasteiger partial charge on any atom is -0.376 e. The highest BCUT2D eigenvalue weighted by Crippen LogP contribution is 2.16. The number of rotatable bonds is 6. The van der Waals surface area contributed by atoms with Crippen LogP contribution in [-0.4, -0.2) is 30.0 Å². The molecule has 108 valence electrons. The zero-order valence-electron chi connectivity index (χ0n) is 11.0. The summed E-state index contributed by atoms with van der Waals surface area (Å²) in [6.45, 7) is 2.23. The van der Waals surface area contributed by atoms with Crippen LogP contribution in [-0.2, 0) is 4.79 Å². The summed E-state index contributed by atoms with van der Waals surface area (Å²) >= 11 is 0. The molecule has 3 amide bonds. The normalized spacial score (nSPS) is 9.65. The number of carbonyl (C=O) groups is 2. The minimum absolute atomic E-state index is 0.0731. The molecule has 0 fully saturated rings. The Morgan fingerprint density at radius 2 is 2.10 bits per heavy atom. The maximum Gasteiger partial charge on any atom is 0.321 e. The summed E-state index contributed by atoms with van der Waals surface area (Å²) in [5.41, 5.74) is 0.361. The number of anilines is 1. The molecule has 1 rings (SSSR count). The number of imide groups is 1. The molecule has 0 spiro atoms. The first-order valence-corrected chi connectivity index (χ1v) is 6.09. The van der Waals surface area contributed by atoms with Crippen molar-refractivity contribution in [1.29, 1.82) is 0 Å².